The molecule has 0 atom stereocenters. The molecule has 0 saturated carbocycles. The monoisotopic (exact) mass is 423 g/mol. The number of H-pyrrole nitrogens is 1. The lowest BCUT2D eigenvalue weighted by Crippen LogP contribution is -2.05. The Hall–Kier alpha value is -4.00. The zero-order valence-corrected chi connectivity index (χ0v) is 18.0. The summed E-state index contributed by atoms with van der Waals surface area (Å²) in [7, 11) is 0. The van der Waals surface area contributed by atoms with Crippen molar-refractivity contribution in [1.29, 1.82) is 0 Å². The van der Waals surface area contributed by atoms with E-state index in [9.17, 15) is 0 Å². The lowest BCUT2D eigenvalue weighted by atomic mass is 9.98. The molecule has 7 heteroatoms. The molecule has 3 aromatic carbocycles. The van der Waals surface area contributed by atoms with Crippen molar-refractivity contribution in [2.45, 2.75) is 32.7 Å². The van der Waals surface area contributed by atoms with E-state index in [0.29, 0.717) is 5.82 Å². The van der Waals surface area contributed by atoms with Gasteiger partial charge in [0, 0.05) is 24.2 Å². The fourth-order valence-electron chi connectivity index (χ4n) is 4.08. The maximum atomic E-state index is 5.99. The molecule has 2 aromatic heterocycles. The summed E-state index contributed by atoms with van der Waals surface area (Å²) in [5.74, 6) is 1.70. The number of tetrazole rings is 1. The summed E-state index contributed by atoms with van der Waals surface area (Å²) in [5.41, 5.74) is 13.2. The van der Waals surface area contributed by atoms with Crippen molar-refractivity contribution in [2.75, 3.05) is 5.73 Å². The number of aromatic amines is 1. The van der Waals surface area contributed by atoms with Gasteiger partial charge in [-0.3, -0.25) is 0 Å². The number of anilines is 1. The highest BCUT2D eigenvalue weighted by atomic mass is 15.5. The second-order valence-corrected chi connectivity index (χ2v) is 7.94. The van der Waals surface area contributed by atoms with E-state index in [1.54, 1.807) is 0 Å². The Bertz CT molecular complexity index is 1340. The first kappa shape index (κ1) is 19.9. The van der Waals surface area contributed by atoms with Crippen LogP contribution in [0, 0.1) is 0 Å². The number of hydrogen-bond donors (Lipinski definition) is 2. The molecule has 0 aliphatic carbocycles. The van der Waals surface area contributed by atoms with E-state index in [4.69, 9.17) is 10.7 Å². The average Bonchev–Trinajstić information content (AvgIpc) is 3.47. The van der Waals surface area contributed by atoms with Crippen LogP contribution in [-0.4, -0.2) is 30.2 Å². The first-order chi connectivity index (χ1) is 15.7. The number of benzene rings is 3. The average molecular weight is 424 g/mol. The van der Waals surface area contributed by atoms with Gasteiger partial charge in [0.2, 0.25) is 5.82 Å². The number of hydrogen-bond acceptors (Lipinski definition) is 5. The Balaban J connectivity index is 1.47. The maximum Gasteiger partial charge on any atom is 0.205 e. The molecule has 7 nitrogen and oxygen atoms in total. The number of unbranched alkanes of at least 4 members (excludes halogenated alkanes) is 1. The van der Waals surface area contributed by atoms with Crippen LogP contribution in [0.1, 0.15) is 31.2 Å². The van der Waals surface area contributed by atoms with E-state index in [-0.39, 0.29) is 0 Å². The summed E-state index contributed by atoms with van der Waals surface area (Å²) in [6.45, 7) is 2.97. The number of fused-ring (bicyclic) bond motifs is 1. The Morgan fingerprint density at radius 1 is 0.969 bits per heavy atom. The van der Waals surface area contributed by atoms with Crippen molar-refractivity contribution < 1.29 is 0 Å². The molecule has 0 radical (unpaired) electrons. The van der Waals surface area contributed by atoms with Crippen LogP contribution in [0.15, 0.2) is 66.7 Å². The number of nitrogen functional groups attached to an aromatic ring is 1. The Morgan fingerprint density at radius 2 is 1.78 bits per heavy atom. The van der Waals surface area contributed by atoms with Gasteiger partial charge in [-0.25, -0.2) is 4.98 Å². The number of imidazole rings is 1. The van der Waals surface area contributed by atoms with Crippen molar-refractivity contribution >= 4 is 16.7 Å². The Kier molecular flexibility index (Phi) is 5.37. The van der Waals surface area contributed by atoms with Crippen LogP contribution in [-0.2, 0) is 13.0 Å². The van der Waals surface area contributed by atoms with Crippen LogP contribution >= 0.6 is 0 Å². The largest absolute Gasteiger partial charge is 0.399 e. The van der Waals surface area contributed by atoms with E-state index in [1.807, 2.05) is 30.3 Å². The third-order valence-electron chi connectivity index (χ3n) is 5.72. The molecule has 0 aliphatic rings. The van der Waals surface area contributed by atoms with E-state index in [2.05, 4.69) is 68.5 Å². The minimum Gasteiger partial charge on any atom is -0.399 e. The van der Waals surface area contributed by atoms with Crippen LogP contribution in [0.5, 0.6) is 0 Å². The quantitative estimate of drug-likeness (QED) is 0.364. The number of nitrogens with zero attached hydrogens (tertiary/aromatic N) is 5. The zero-order valence-electron chi connectivity index (χ0n) is 18.0. The van der Waals surface area contributed by atoms with E-state index < -0.39 is 0 Å². The van der Waals surface area contributed by atoms with Crippen molar-refractivity contribution in [3.8, 4) is 22.5 Å². The highest BCUT2D eigenvalue weighted by molar-refractivity contribution is 5.81. The molecular weight excluding hydrogens is 398 g/mol. The van der Waals surface area contributed by atoms with Gasteiger partial charge in [-0.2, -0.15) is 5.21 Å². The Labute approximate surface area is 186 Å². The minimum atomic E-state index is 0.592. The van der Waals surface area contributed by atoms with Crippen LogP contribution in [0.4, 0.5) is 5.69 Å². The molecule has 0 bridgehead atoms. The van der Waals surface area contributed by atoms with Crippen molar-refractivity contribution in [3.05, 3.63) is 78.1 Å². The molecule has 0 spiro atoms. The minimum absolute atomic E-state index is 0.592. The Morgan fingerprint density at radius 3 is 2.53 bits per heavy atom. The fraction of sp³-hybridized carbons (Fsp3) is 0.200. The molecule has 3 N–H and O–H groups in total. The molecule has 0 unspecified atom stereocenters. The van der Waals surface area contributed by atoms with Crippen LogP contribution in [0.25, 0.3) is 33.5 Å². The van der Waals surface area contributed by atoms with Gasteiger partial charge in [0.05, 0.1) is 11.0 Å². The van der Waals surface area contributed by atoms with Gasteiger partial charge in [0.25, 0.3) is 0 Å². The van der Waals surface area contributed by atoms with Crippen molar-refractivity contribution in [3.63, 3.8) is 0 Å². The molecule has 5 rings (SSSR count). The van der Waals surface area contributed by atoms with Gasteiger partial charge in [-0.15, -0.1) is 10.2 Å². The normalized spacial score (nSPS) is 11.3. The van der Waals surface area contributed by atoms with Gasteiger partial charge in [-0.1, -0.05) is 61.9 Å². The summed E-state index contributed by atoms with van der Waals surface area (Å²) >= 11 is 0. The van der Waals surface area contributed by atoms with Gasteiger partial charge in [0.15, 0.2) is 0 Å². The van der Waals surface area contributed by atoms with Crippen LogP contribution in [0.2, 0.25) is 0 Å². The maximum absolute atomic E-state index is 5.99. The second-order valence-electron chi connectivity index (χ2n) is 7.94. The van der Waals surface area contributed by atoms with Crippen molar-refractivity contribution in [1.82, 2.24) is 30.2 Å². The molecular formula is C25H25N7. The lowest BCUT2D eigenvalue weighted by Gasteiger charge is -2.11. The fourth-order valence-corrected chi connectivity index (χ4v) is 4.08. The standard InChI is InChI=1S/C25H25N7/c1-2-3-8-24-27-22-15-19(26)13-14-23(22)32(24)16-17-9-11-18(12-10-17)20-6-4-5-7-21(20)25-28-30-31-29-25/h4-7,9-15H,2-3,8,16,26H2,1H3,(H,28,29,30,31). The highest BCUT2D eigenvalue weighted by Crippen LogP contribution is 2.30. The number of aryl methyl sites for hydroxylation is 1. The second kappa shape index (κ2) is 8.63. The predicted molar refractivity (Wildman–Crippen MR) is 127 cm³/mol. The molecule has 0 saturated heterocycles. The van der Waals surface area contributed by atoms with Gasteiger partial charge >= 0.3 is 0 Å². The molecule has 0 aliphatic heterocycles. The molecule has 5 aromatic rings. The summed E-state index contributed by atoms with van der Waals surface area (Å²) in [4.78, 5) is 4.87. The van der Waals surface area contributed by atoms with Crippen LogP contribution < -0.4 is 5.73 Å². The van der Waals surface area contributed by atoms with E-state index in [0.717, 1.165) is 65.0 Å². The number of rotatable bonds is 7. The predicted octanol–water partition coefficient (Wildman–Crippen LogP) is 4.86. The third-order valence-corrected chi connectivity index (χ3v) is 5.72. The molecule has 2 heterocycles. The number of aromatic nitrogens is 6. The van der Waals surface area contributed by atoms with E-state index in [1.165, 1.54) is 5.56 Å². The molecule has 160 valence electrons. The van der Waals surface area contributed by atoms with Gasteiger partial charge in [0.1, 0.15) is 5.82 Å². The topological polar surface area (TPSA) is 98.3 Å². The van der Waals surface area contributed by atoms with Gasteiger partial charge < -0.3 is 10.3 Å². The number of nitrogens with two attached hydrogens (primary N) is 1. The SMILES string of the molecule is CCCCc1nc2cc(N)ccc2n1Cc1ccc(-c2ccccc2-c2nn[nH]n2)cc1. The van der Waals surface area contributed by atoms with Crippen molar-refractivity contribution in [2.24, 2.45) is 0 Å². The smallest absolute Gasteiger partial charge is 0.205 e. The zero-order chi connectivity index (χ0) is 21.9. The molecule has 0 amide bonds. The first-order valence-corrected chi connectivity index (χ1v) is 10.9. The van der Waals surface area contributed by atoms with Crippen LogP contribution in [0.3, 0.4) is 0 Å². The van der Waals surface area contributed by atoms with E-state index >= 15 is 0 Å². The summed E-state index contributed by atoms with van der Waals surface area (Å²) in [6.07, 6.45) is 3.21. The lowest BCUT2D eigenvalue weighted by molar-refractivity contribution is 0.690. The third kappa shape index (κ3) is 3.85. The highest BCUT2D eigenvalue weighted by Gasteiger charge is 2.13. The summed E-state index contributed by atoms with van der Waals surface area (Å²) < 4.78 is 2.31. The molecule has 32 heavy (non-hydrogen) atoms. The van der Waals surface area contributed by atoms with Gasteiger partial charge in [-0.05, 0) is 46.5 Å². The molecule has 0 fully saturated rings. The summed E-state index contributed by atoms with van der Waals surface area (Å²) in [5, 5.41) is 14.5. The number of nitrogens with one attached hydrogen (secondary N) is 1. The summed E-state index contributed by atoms with van der Waals surface area (Å²) in [6, 6.07) is 22.7. The first-order valence-electron chi connectivity index (χ1n) is 10.9.